The number of ether oxygens (including phenoxy) is 5. The van der Waals surface area contributed by atoms with Crippen LogP contribution in [0.1, 0.15) is 0 Å². The number of benzene rings is 2. The van der Waals surface area contributed by atoms with Gasteiger partial charge in [-0.1, -0.05) is 0 Å². The van der Waals surface area contributed by atoms with Gasteiger partial charge in [-0.05, 0) is 12.1 Å². The van der Waals surface area contributed by atoms with Crippen LogP contribution in [0.5, 0.6) is 28.7 Å². The lowest BCUT2D eigenvalue weighted by Gasteiger charge is -2.15. The Morgan fingerprint density at radius 1 is 0.875 bits per heavy atom. The lowest BCUT2D eigenvalue weighted by Crippen LogP contribution is -2.25. The second-order valence-corrected chi connectivity index (χ2v) is 6.38. The summed E-state index contributed by atoms with van der Waals surface area (Å²) in [6.07, 6.45) is -2.80. The summed E-state index contributed by atoms with van der Waals surface area (Å²) in [6.45, 7) is 0. The van der Waals surface area contributed by atoms with Gasteiger partial charge in [-0.3, -0.25) is 0 Å². The molecule has 2 heterocycles. The fourth-order valence-corrected chi connectivity index (χ4v) is 2.96. The zero-order valence-electron chi connectivity index (χ0n) is 17.0. The summed E-state index contributed by atoms with van der Waals surface area (Å²) in [7, 11) is 4.42. The van der Waals surface area contributed by atoms with Crippen LogP contribution >= 0.6 is 0 Å². The molecule has 0 unspecified atom stereocenters. The Morgan fingerprint density at radius 2 is 1.56 bits per heavy atom. The number of alkyl halides is 2. The summed E-state index contributed by atoms with van der Waals surface area (Å²) in [5, 5.41) is 5.63. The van der Waals surface area contributed by atoms with E-state index in [0.717, 1.165) is 6.20 Å². The number of nitrogens with zero attached hydrogens (tertiary/aromatic N) is 2. The minimum atomic E-state index is -3.75. The van der Waals surface area contributed by atoms with Crippen molar-refractivity contribution in [3.05, 3.63) is 42.3 Å². The molecule has 1 aliphatic heterocycles. The van der Waals surface area contributed by atoms with Crippen LogP contribution in [-0.2, 0) is 0 Å². The van der Waals surface area contributed by atoms with Gasteiger partial charge in [0.05, 0.1) is 27.5 Å². The van der Waals surface area contributed by atoms with Gasteiger partial charge < -0.3 is 34.3 Å². The van der Waals surface area contributed by atoms with Crippen LogP contribution in [0.25, 0.3) is 0 Å². The third-order valence-corrected chi connectivity index (χ3v) is 4.33. The van der Waals surface area contributed by atoms with Gasteiger partial charge in [0.15, 0.2) is 34.6 Å². The number of hydrogen-bond donors (Lipinski definition) is 2. The number of nitrogens with one attached hydrogen (secondary N) is 2. The summed E-state index contributed by atoms with van der Waals surface area (Å²) in [5.41, 5.74) is 0.740. The van der Waals surface area contributed by atoms with Crippen molar-refractivity contribution in [2.45, 2.75) is 6.29 Å². The Balaban J connectivity index is 1.58. The van der Waals surface area contributed by atoms with Crippen LogP contribution in [0.15, 0.2) is 36.5 Å². The predicted molar refractivity (Wildman–Crippen MR) is 107 cm³/mol. The van der Waals surface area contributed by atoms with Crippen molar-refractivity contribution >= 4 is 23.1 Å². The topological polar surface area (TPSA) is 96.0 Å². The highest BCUT2D eigenvalue weighted by molar-refractivity contribution is 5.67. The van der Waals surface area contributed by atoms with Crippen molar-refractivity contribution in [2.75, 3.05) is 32.0 Å². The number of fused-ring (bicyclic) bond motifs is 1. The third kappa shape index (κ3) is 4.19. The molecule has 2 aromatic carbocycles. The normalized spacial score (nSPS) is 13.4. The lowest BCUT2D eigenvalue weighted by atomic mass is 10.2. The van der Waals surface area contributed by atoms with E-state index in [4.69, 9.17) is 14.2 Å². The van der Waals surface area contributed by atoms with E-state index in [9.17, 15) is 13.2 Å². The molecule has 0 saturated heterocycles. The monoisotopic (exact) mass is 450 g/mol. The largest absolute Gasteiger partial charge is 0.586 e. The van der Waals surface area contributed by atoms with E-state index in [2.05, 4.69) is 30.1 Å². The highest BCUT2D eigenvalue weighted by Gasteiger charge is 2.43. The van der Waals surface area contributed by atoms with Crippen LogP contribution < -0.4 is 34.3 Å². The van der Waals surface area contributed by atoms with E-state index >= 15 is 0 Å². The molecule has 12 heteroatoms. The zero-order valence-corrected chi connectivity index (χ0v) is 17.0. The van der Waals surface area contributed by atoms with Gasteiger partial charge >= 0.3 is 6.29 Å². The second kappa shape index (κ2) is 8.21. The molecule has 0 aliphatic carbocycles. The molecule has 1 aromatic heterocycles. The molecule has 0 radical (unpaired) electrons. The molecule has 168 valence electrons. The molecule has 0 atom stereocenters. The Morgan fingerprint density at radius 3 is 2.22 bits per heavy atom. The number of halogens is 3. The minimum absolute atomic E-state index is 0.0513. The molecule has 4 rings (SSSR count). The van der Waals surface area contributed by atoms with E-state index < -0.39 is 12.1 Å². The van der Waals surface area contributed by atoms with Crippen molar-refractivity contribution in [1.82, 2.24) is 9.97 Å². The first-order chi connectivity index (χ1) is 15.3. The van der Waals surface area contributed by atoms with Crippen molar-refractivity contribution in [3.8, 4) is 28.7 Å². The fourth-order valence-electron chi connectivity index (χ4n) is 2.96. The Hall–Kier alpha value is -4.09. The fraction of sp³-hybridized carbons (Fsp3) is 0.200. The minimum Gasteiger partial charge on any atom is -0.493 e. The van der Waals surface area contributed by atoms with Gasteiger partial charge in [0.1, 0.15) is 0 Å². The quantitative estimate of drug-likeness (QED) is 0.541. The molecule has 1 aliphatic rings. The molecule has 3 aromatic rings. The van der Waals surface area contributed by atoms with E-state index in [-0.39, 0.29) is 29.0 Å². The van der Waals surface area contributed by atoms with E-state index in [1.807, 2.05) is 0 Å². The smallest absolute Gasteiger partial charge is 0.493 e. The standard InChI is InChI=1S/C20H17F3N4O5/c1-28-15-7-11(8-16(29-2)17(15)30-3)26-19-24-9-12(21)18(27-19)25-10-4-5-13-14(6-10)32-20(22,23)31-13/h4-9H,1-3H3,(H2,24,25,26,27). The molecule has 0 fully saturated rings. The Labute approximate surface area is 180 Å². The SMILES string of the molecule is COc1cc(Nc2ncc(F)c(Nc3ccc4c(c3)OC(F)(F)O4)n2)cc(OC)c1OC. The average Bonchev–Trinajstić information content (AvgIpc) is 3.08. The molecular formula is C20H17F3N4O5. The van der Waals surface area contributed by atoms with Crippen LogP contribution in [0, 0.1) is 5.82 Å². The van der Waals surface area contributed by atoms with Crippen LogP contribution in [-0.4, -0.2) is 37.6 Å². The first-order valence-corrected chi connectivity index (χ1v) is 9.08. The Bertz CT molecular complexity index is 1140. The first kappa shape index (κ1) is 21.2. The third-order valence-electron chi connectivity index (χ3n) is 4.33. The van der Waals surface area contributed by atoms with E-state index in [1.165, 1.54) is 39.5 Å². The van der Waals surface area contributed by atoms with Gasteiger partial charge in [0, 0.05) is 29.6 Å². The number of methoxy groups -OCH3 is 3. The molecule has 9 nitrogen and oxygen atoms in total. The second-order valence-electron chi connectivity index (χ2n) is 6.38. The van der Waals surface area contributed by atoms with Gasteiger partial charge in [-0.15, -0.1) is 8.78 Å². The maximum atomic E-state index is 14.3. The highest BCUT2D eigenvalue weighted by atomic mass is 19.3. The molecule has 0 spiro atoms. The van der Waals surface area contributed by atoms with Gasteiger partial charge in [0.2, 0.25) is 11.7 Å². The van der Waals surface area contributed by atoms with Crippen LogP contribution in [0.3, 0.4) is 0 Å². The molecule has 0 amide bonds. The zero-order chi connectivity index (χ0) is 22.9. The van der Waals surface area contributed by atoms with Crippen molar-refractivity contribution in [2.24, 2.45) is 0 Å². The Kier molecular flexibility index (Phi) is 5.43. The van der Waals surface area contributed by atoms with E-state index in [1.54, 1.807) is 12.1 Å². The predicted octanol–water partition coefficient (Wildman–Crippen LogP) is 4.45. The number of rotatable bonds is 7. The summed E-state index contributed by atoms with van der Waals surface area (Å²) < 4.78 is 65.3. The number of hydrogen-bond acceptors (Lipinski definition) is 9. The number of anilines is 4. The molecule has 0 saturated carbocycles. The summed E-state index contributed by atoms with van der Waals surface area (Å²) >= 11 is 0. The van der Waals surface area contributed by atoms with Crippen LogP contribution in [0.4, 0.5) is 36.3 Å². The maximum absolute atomic E-state index is 14.3. The average molecular weight is 450 g/mol. The first-order valence-electron chi connectivity index (χ1n) is 9.08. The maximum Gasteiger partial charge on any atom is 0.586 e. The molecule has 32 heavy (non-hydrogen) atoms. The van der Waals surface area contributed by atoms with Crippen molar-refractivity contribution < 1.29 is 36.9 Å². The molecule has 0 bridgehead atoms. The van der Waals surface area contributed by atoms with Crippen molar-refractivity contribution in [3.63, 3.8) is 0 Å². The summed E-state index contributed by atoms with van der Waals surface area (Å²) in [4.78, 5) is 8.01. The number of aromatic nitrogens is 2. The van der Waals surface area contributed by atoms with Crippen molar-refractivity contribution in [1.29, 1.82) is 0 Å². The van der Waals surface area contributed by atoms with Crippen LogP contribution in [0.2, 0.25) is 0 Å². The molecule has 2 N–H and O–H groups in total. The van der Waals surface area contributed by atoms with Gasteiger partial charge in [0.25, 0.3) is 0 Å². The summed E-state index contributed by atoms with van der Waals surface area (Å²) in [6, 6.07) is 7.17. The van der Waals surface area contributed by atoms with Gasteiger partial charge in [-0.25, -0.2) is 9.37 Å². The molecular weight excluding hydrogens is 433 g/mol. The highest BCUT2D eigenvalue weighted by Crippen LogP contribution is 2.43. The van der Waals surface area contributed by atoms with Gasteiger partial charge in [-0.2, -0.15) is 4.98 Å². The summed E-state index contributed by atoms with van der Waals surface area (Å²) in [5.74, 6) is -0.0339. The van der Waals surface area contributed by atoms with E-state index in [0.29, 0.717) is 22.9 Å². The lowest BCUT2D eigenvalue weighted by molar-refractivity contribution is -0.286.